The summed E-state index contributed by atoms with van der Waals surface area (Å²) >= 11 is 0. The zero-order valence-corrected chi connectivity index (χ0v) is 11.4. The lowest BCUT2D eigenvalue weighted by atomic mass is 10.2. The number of nitrogens with zero attached hydrogens (tertiary/aromatic N) is 1. The van der Waals surface area contributed by atoms with Crippen molar-refractivity contribution in [3.63, 3.8) is 0 Å². The topological polar surface area (TPSA) is 20.2 Å². The quantitative estimate of drug-likeness (QED) is 0.420. The van der Waals surface area contributed by atoms with Gasteiger partial charge in [-0.25, -0.2) is 0 Å². The highest BCUT2D eigenvalue weighted by Gasteiger charge is 2.21. The zero-order valence-electron chi connectivity index (χ0n) is 10.6. The molecule has 0 aromatic heterocycles. The van der Waals surface area contributed by atoms with Gasteiger partial charge in [0.2, 0.25) is 0 Å². The molecule has 0 bridgehead atoms. The summed E-state index contributed by atoms with van der Waals surface area (Å²) in [4.78, 5) is 0. The summed E-state index contributed by atoms with van der Waals surface area (Å²) in [7, 11) is 0. The van der Waals surface area contributed by atoms with Crippen LogP contribution in [0, 0.1) is 0 Å². The van der Waals surface area contributed by atoms with Gasteiger partial charge in [0.1, 0.15) is 6.54 Å². The molecule has 94 valence electrons. The van der Waals surface area contributed by atoms with Gasteiger partial charge in [0.15, 0.2) is 0 Å². The van der Waals surface area contributed by atoms with E-state index in [0.717, 1.165) is 24.1 Å². The summed E-state index contributed by atoms with van der Waals surface area (Å²) in [6.07, 6.45) is 5.32. The van der Waals surface area contributed by atoms with Crippen molar-refractivity contribution >= 4 is 0 Å². The Labute approximate surface area is 102 Å². The van der Waals surface area contributed by atoms with Crippen LogP contribution in [0.15, 0.2) is 0 Å². The molecule has 2 nitrogen and oxygen atoms in total. The number of rotatable bonds is 9. The van der Waals surface area contributed by atoms with Crippen LogP contribution in [0.3, 0.4) is 0 Å². The minimum Gasteiger partial charge on any atom is -1.00 e. The number of hydrogen-bond acceptors (Lipinski definition) is 1. The molecule has 0 aromatic rings. The Kier molecular flexibility index (Phi) is 12.6. The summed E-state index contributed by atoms with van der Waals surface area (Å²) in [6, 6.07) is 0. The van der Waals surface area contributed by atoms with Crippen molar-refractivity contribution in [1.29, 1.82) is 0 Å². The van der Waals surface area contributed by atoms with Gasteiger partial charge >= 0.3 is 0 Å². The van der Waals surface area contributed by atoms with E-state index in [2.05, 4.69) is 20.8 Å². The first-order valence-electron chi connectivity index (χ1n) is 6.20. The fraction of sp³-hybridized carbons (Fsp3) is 1.00. The highest BCUT2D eigenvalue weighted by Crippen LogP contribution is 2.10. The SMILES string of the molecule is CCCCCC[N+](CC)(CC)CCO.[Cl-]. The smallest absolute Gasteiger partial charge is 0.102 e. The van der Waals surface area contributed by atoms with E-state index in [1.165, 1.54) is 32.2 Å². The molecule has 0 radical (unpaired) electrons. The fourth-order valence-corrected chi connectivity index (χ4v) is 2.05. The van der Waals surface area contributed by atoms with Crippen LogP contribution in [0.4, 0.5) is 0 Å². The molecule has 3 heteroatoms. The highest BCUT2D eigenvalue weighted by atomic mass is 35.5. The van der Waals surface area contributed by atoms with E-state index < -0.39 is 0 Å². The molecule has 0 atom stereocenters. The number of quaternary nitrogens is 1. The molecule has 0 spiro atoms. The van der Waals surface area contributed by atoms with Crippen LogP contribution in [0.2, 0.25) is 0 Å². The van der Waals surface area contributed by atoms with Crippen LogP contribution in [0.1, 0.15) is 46.5 Å². The van der Waals surface area contributed by atoms with Crippen molar-refractivity contribution in [2.45, 2.75) is 46.5 Å². The molecule has 1 N–H and O–H groups in total. The largest absolute Gasteiger partial charge is 1.00 e. The second kappa shape index (κ2) is 10.7. The Balaban J connectivity index is 0. The minimum atomic E-state index is 0. The van der Waals surface area contributed by atoms with E-state index in [1.807, 2.05) is 0 Å². The lowest BCUT2D eigenvalue weighted by Gasteiger charge is -2.36. The molecule has 0 amide bonds. The first-order valence-corrected chi connectivity index (χ1v) is 6.20. The summed E-state index contributed by atoms with van der Waals surface area (Å²) < 4.78 is 1.10. The van der Waals surface area contributed by atoms with Gasteiger partial charge in [-0.3, -0.25) is 0 Å². The predicted molar refractivity (Wildman–Crippen MR) is 62.3 cm³/mol. The van der Waals surface area contributed by atoms with Crippen molar-refractivity contribution in [3.05, 3.63) is 0 Å². The molecule has 0 saturated heterocycles. The van der Waals surface area contributed by atoms with Gasteiger partial charge in [-0.15, -0.1) is 0 Å². The lowest BCUT2D eigenvalue weighted by molar-refractivity contribution is -0.925. The van der Waals surface area contributed by atoms with Gasteiger partial charge in [0.05, 0.1) is 26.2 Å². The maximum atomic E-state index is 9.05. The predicted octanol–water partition coefficient (Wildman–Crippen LogP) is -0.580. The monoisotopic (exact) mass is 237 g/mol. The summed E-state index contributed by atoms with van der Waals surface area (Å²) in [5.74, 6) is 0. The first-order chi connectivity index (χ1) is 6.74. The number of aliphatic hydroxyl groups excluding tert-OH is 1. The second-order valence-corrected chi connectivity index (χ2v) is 4.21. The Morgan fingerprint density at radius 3 is 1.87 bits per heavy atom. The third-order valence-corrected chi connectivity index (χ3v) is 3.40. The summed E-state index contributed by atoms with van der Waals surface area (Å²) in [5.41, 5.74) is 0. The molecule has 0 aliphatic heterocycles. The Bertz CT molecular complexity index is 127. The van der Waals surface area contributed by atoms with E-state index in [1.54, 1.807) is 0 Å². The van der Waals surface area contributed by atoms with Gasteiger partial charge < -0.3 is 22.0 Å². The van der Waals surface area contributed by atoms with E-state index in [9.17, 15) is 0 Å². The normalized spacial score (nSPS) is 11.2. The number of hydrogen-bond donors (Lipinski definition) is 1. The minimum absolute atomic E-state index is 0. The third-order valence-electron chi connectivity index (χ3n) is 3.40. The molecule has 15 heavy (non-hydrogen) atoms. The summed E-state index contributed by atoms with van der Waals surface area (Å²) in [5, 5.41) is 9.05. The third kappa shape index (κ3) is 7.15. The van der Waals surface area contributed by atoms with Gasteiger partial charge in [-0.1, -0.05) is 19.8 Å². The molecule has 0 aromatic carbocycles. The van der Waals surface area contributed by atoms with Gasteiger partial charge in [0.25, 0.3) is 0 Å². The van der Waals surface area contributed by atoms with Gasteiger partial charge in [0, 0.05) is 0 Å². The van der Waals surface area contributed by atoms with Crippen molar-refractivity contribution in [1.82, 2.24) is 0 Å². The van der Waals surface area contributed by atoms with E-state index in [4.69, 9.17) is 5.11 Å². The van der Waals surface area contributed by atoms with Crippen LogP contribution >= 0.6 is 0 Å². The standard InChI is InChI=1S/C12H28NO.ClH/c1-4-7-8-9-10-13(5-2,6-3)11-12-14;/h14H,4-12H2,1-3H3;1H/q+1;/p-1. The van der Waals surface area contributed by atoms with Gasteiger partial charge in [-0.05, 0) is 26.7 Å². The van der Waals surface area contributed by atoms with Crippen LogP contribution in [0.5, 0.6) is 0 Å². The fourth-order valence-electron chi connectivity index (χ4n) is 2.05. The van der Waals surface area contributed by atoms with Crippen LogP contribution in [0.25, 0.3) is 0 Å². The van der Waals surface area contributed by atoms with E-state index in [0.29, 0.717) is 6.61 Å². The maximum absolute atomic E-state index is 9.05. The van der Waals surface area contributed by atoms with Crippen molar-refractivity contribution in [3.8, 4) is 0 Å². The van der Waals surface area contributed by atoms with E-state index in [-0.39, 0.29) is 12.4 Å². The molecule has 0 saturated carbocycles. The first kappa shape index (κ1) is 17.6. The second-order valence-electron chi connectivity index (χ2n) is 4.21. The molecular weight excluding hydrogens is 210 g/mol. The Morgan fingerprint density at radius 2 is 1.47 bits per heavy atom. The molecule has 0 aliphatic rings. The van der Waals surface area contributed by atoms with Crippen molar-refractivity contribution < 1.29 is 22.0 Å². The maximum Gasteiger partial charge on any atom is 0.102 e. The molecule has 0 rings (SSSR count). The molecule has 0 heterocycles. The molecule has 0 aliphatic carbocycles. The highest BCUT2D eigenvalue weighted by molar-refractivity contribution is 4.44. The van der Waals surface area contributed by atoms with Gasteiger partial charge in [-0.2, -0.15) is 0 Å². The molecular formula is C12H28ClNO. The molecule has 0 fully saturated rings. The van der Waals surface area contributed by atoms with E-state index >= 15 is 0 Å². The molecule has 0 unspecified atom stereocenters. The van der Waals surface area contributed by atoms with Crippen LogP contribution < -0.4 is 12.4 Å². The number of aliphatic hydroxyl groups is 1. The number of unbranched alkanes of at least 4 members (excludes halogenated alkanes) is 3. The van der Waals surface area contributed by atoms with Crippen molar-refractivity contribution in [2.24, 2.45) is 0 Å². The Morgan fingerprint density at radius 1 is 0.867 bits per heavy atom. The zero-order chi connectivity index (χ0) is 10.9. The van der Waals surface area contributed by atoms with Crippen LogP contribution in [-0.4, -0.2) is 42.4 Å². The number of likely N-dealkylation sites (N-methyl/N-ethyl adjacent to an activating group) is 1. The Hall–Kier alpha value is 0.210. The van der Waals surface area contributed by atoms with Crippen LogP contribution in [-0.2, 0) is 0 Å². The summed E-state index contributed by atoms with van der Waals surface area (Å²) in [6.45, 7) is 11.5. The lowest BCUT2D eigenvalue weighted by Crippen LogP contribution is -3.00. The number of halogens is 1. The average molecular weight is 238 g/mol. The van der Waals surface area contributed by atoms with Crippen molar-refractivity contribution in [2.75, 3.05) is 32.8 Å². The average Bonchev–Trinajstić information content (AvgIpc) is 2.23.